The summed E-state index contributed by atoms with van der Waals surface area (Å²) in [6.45, 7) is 10.7. The lowest BCUT2D eigenvalue weighted by molar-refractivity contribution is -0.141. The molecular formula is C40H45F5N8O3. The van der Waals surface area contributed by atoms with E-state index in [-0.39, 0.29) is 40.4 Å². The maximum atomic E-state index is 16.8. The van der Waals surface area contributed by atoms with Gasteiger partial charge in [-0.2, -0.15) is 23.1 Å². The minimum Gasteiger partial charge on any atom is -0.508 e. The number of nitrogens with zero attached hydrogens (tertiary/aromatic N) is 7. The molecule has 3 aromatic heterocycles. The van der Waals surface area contributed by atoms with Crippen molar-refractivity contribution < 1.29 is 36.5 Å². The summed E-state index contributed by atoms with van der Waals surface area (Å²) in [5.41, 5.74) is 0.634. The zero-order valence-corrected chi connectivity index (χ0v) is 31.8. The number of ether oxygens (including phenoxy) is 2. The monoisotopic (exact) mass is 780 g/mol. The molecule has 7 heterocycles. The van der Waals surface area contributed by atoms with Crippen LogP contribution in [0.15, 0.2) is 36.7 Å². The van der Waals surface area contributed by atoms with E-state index in [1.807, 2.05) is 13.8 Å². The van der Waals surface area contributed by atoms with Gasteiger partial charge in [-0.05, 0) is 93.1 Å². The van der Waals surface area contributed by atoms with Crippen LogP contribution in [0.2, 0.25) is 0 Å². The number of aromatic nitrogens is 5. The van der Waals surface area contributed by atoms with Gasteiger partial charge in [0.05, 0.1) is 23.7 Å². The number of benzene rings is 2. The van der Waals surface area contributed by atoms with Gasteiger partial charge in [0, 0.05) is 37.3 Å². The van der Waals surface area contributed by atoms with Crippen LogP contribution in [0.25, 0.3) is 32.9 Å². The number of rotatable bonds is 5. The number of fused-ring (bicyclic) bond motifs is 4. The normalized spacial score (nSPS) is 18.7. The minimum absolute atomic E-state index is 0.000787. The Hall–Kier alpha value is -4.96. The molecule has 2 aromatic carbocycles. The molecule has 16 heteroatoms. The molecule has 56 heavy (non-hydrogen) atoms. The first kappa shape index (κ1) is 39.3. The molecule has 1 unspecified atom stereocenters. The number of alkyl halides is 3. The third-order valence-corrected chi connectivity index (χ3v) is 11.1. The summed E-state index contributed by atoms with van der Waals surface area (Å²) in [5.74, 6) is -0.485. The molecule has 3 saturated heterocycles. The second-order valence-corrected chi connectivity index (χ2v) is 14.3. The molecule has 11 nitrogen and oxygen atoms in total. The largest absolute Gasteiger partial charge is 0.508 e. The maximum Gasteiger partial charge on any atom is 0.433 e. The summed E-state index contributed by atoms with van der Waals surface area (Å²) in [6.07, 6.45) is 2.27. The Balaban J connectivity index is 0.000000294. The van der Waals surface area contributed by atoms with Gasteiger partial charge in [-0.3, -0.25) is 4.90 Å². The SMILES string of the molecule is CC.COc1cc(C(F)(F)F)ncn1.Cc1c(F)ccc2cc(O)cc(-c3nc4c5c(nc(OCC67CCCN6CCC7)nc5c3F)N3CCNCC3CC4)c12. The highest BCUT2D eigenvalue weighted by molar-refractivity contribution is 6.02. The number of halogens is 5. The molecule has 2 N–H and O–H groups in total. The summed E-state index contributed by atoms with van der Waals surface area (Å²) >= 11 is 0. The Labute approximate surface area is 321 Å². The Morgan fingerprint density at radius 1 is 0.982 bits per heavy atom. The molecule has 4 aliphatic heterocycles. The first-order valence-electron chi connectivity index (χ1n) is 19.1. The van der Waals surface area contributed by atoms with Gasteiger partial charge >= 0.3 is 12.2 Å². The number of pyridine rings is 1. The predicted molar refractivity (Wildman–Crippen MR) is 202 cm³/mol. The highest BCUT2D eigenvalue weighted by Gasteiger charge is 2.45. The van der Waals surface area contributed by atoms with Crippen LogP contribution in [0, 0.1) is 18.6 Å². The van der Waals surface area contributed by atoms with Gasteiger partial charge < -0.3 is 24.8 Å². The quantitative estimate of drug-likeness (QED) is 0.174. The zero-order valence-electron chi connectivity index (χ0n) is 31.8. The number of phenolic OH excluding ortho intramolecular Hbond substituents is 1. The molecule has 1 atom stereocenters. The van der Waals surface area contributed by atoms with Crippen molar-refractivity contribution in [3.63, 3.8) is 0 Å². The zero-order chi connectivity index (χ0) is 39.8. The molecule has 9 rings (SSSR count). The van der Waals surface area contributed by atoms with Crippen LogP contribution in [0.4, 0.5) is 27.8 Å². The maximum absolute atomic E-state index is 16.8. The molecule has 0 amide bonds. The molecule has 298 valence electrons. The molecule has 0 bridgehead atoms. The van der Waals surface area contributed by atoms with Crippen molar-refractivity contribution in [1.82, 2.24) is 35.1 Å². The number of aromatic hydroxyl groups is 1. The van der Waals surface area contributed by atoms with E-state index >= 15 is 4.39 Å². The van der Waals surface area contributed by atoms with Crippen LogP contribution < -0.4 is 19.7 Å². The second-order valence-electron chi connectivity index (χ2n) is 14.3. The number of hydrogen-bond acceptors (Lipinski definition) is 11. The molecule has 4 aliphatic rings. The Morgan fingerprint density at radius 2 is 1.75 bits per heavy atom. The van der Waals surface area contributed by atoms with E-state index < -0.39 is 23.5 Å². The van der Waals surface area contributed by atoms with Gasteiger partial charge in [-0.15, -0.1) is 0 Å². The molecule has 0 spiro atoms. The summed E-state index contributed by atoms with van der Waals surface area (Å²) in [6, 6.07) is 7.08. The van der Waals surface area contributed by atoms with Crippen molar-refractivity contribution in [2.75, 3.05) is 51.3 Å². The summed E-state index contributed by atoms with van der Waals surface area (Å²) in [5, 5.41) is 15.8. The van der Waals surface area contributed by atoms with Gasteiger partial charge in [0.1, 0.15) is 41.5 Å². The van der Waals surface area contributed by atoms with E-state index in [0.29, 0.717) is 51.8 Å². The van der Waals surface area contributed by atoms with Crippen molar-refractivity contribution in [3.05, 3.63) is 65.2 Å². The van der Waals surface area contributed by atoms with Gasteiger partial charge in [0.25, 0.3) is 0 Å². The van der Waals surface area contributed by atoms with Crippen molar-refractivity contribution in [3.8, 4) is 28.9 Å². The van der Waals surface area contributed by atoms with Crippen LogP contribution >= 0.6 is 0 Å². The lowest BCUT2D eigenvalue weighted by atomic mass is 9.95. The Kier molecular flexibility index (Phi) is 11.1. The van der Waals surface area contributed by atoms with Crippen molar-refractivity contribution >= 4 is 27.5 Å². The molecule has 3 fully saturated rings. The van der Waals surface area contributed by atoms with Crippen molar-refractivity contribution in [2.45, 2.75) is 77.1 Å². The number of aryl methyl sites for hydroxylation is 2. The fraction of sp³-hybridized carbons (Fsp3) is 0.475. The second kappa shape index (κ2) is 15.9. The van der Waals surface area contributed by atoms with E-state index in [1.165, 1.54) is 19.2 Å². The number of hydrogen-bond donors (Lipinski definition) is 2. The van der Waals surface area contributed by atoms with Crippen LogP contribution in [-0.2, 0) is 12.6 Å². The van der Waals surface area contributed by atoms with E-state index in [1.54, 1.807) is 19.1 Å². The standard InChI is InChI=1S/C32H34F2N6O2.C6H5F3N2O.C2H6/c1-18-23(33)6-4-19-14-21(41)15-22(25(18)19)28-27(34)29-26-24(36-28)7-5-20-16-35-10-13-40(20)30(26)38-31(37-29)42-17-32-8-2-11-39(32)12-3-9-32;1-12-5-2-4(6(7,8)9)10-3-11-5;1-2/h4,6,14-15,20,35,41H,2-3,5,7-13,16-17H2,1H3;2-3H,1H3;1-2H3. The molecule has 0 radical (unpaired) electrons. The van der Waals surface area contributed by atoms with Gasteiger partial charge in [-0.1, -0.05) is 19.9 Å². The number of nitrogens with one attached hydrogen (secondary N) is 1. The number of methoxy groups -OCH3 is 1. The van der Waals surface area contributed by atoms with Crippen LogP contribution in [-0.4, -0.2) is 92.9 Å². The average molecular weight is 781 g/mol. The lowest BCUT2D eigenvalue weighted by Gasteiger charge is -2.36. The lowest BCUT2D eigenvalue weighted by Crippen LogP contribution is -2.51. The van der Waals surface area contributed by atoms with Crippen LogP contribution in [0.3, 0.4) is 0 Å². The van der Waals surface area contributed by atoms with E-state index in [9.17, 15) is 22.7 Å². The molecule has 0 aliphatic carbocycles. The van der Waals surface area contributed by atoms with E-state index in [2.05, 4.69) is 29.8 Å². The predicted octanol–water partition coefficient (Wildman–Crippen LogP) is 7.40. The molecule has 5 aromatic rings. The summed E-state index contributed by atoms with van der Waals surface area (Å²) in [7, 11) is 1.24. The highest BCUT2D eigenvalue weighted by atomic mass is 19.4. The summed E-state index contributed by atoms with van der Waals surface area (Å²) in [4.78, 5) is 25.8. The van der Waals surface area contributed by atoms with Gasteiger partial charge in [-0.25, -0.2) is 23.7 Å². The van der Waals surface area contributed by atoms with E-state index in [4.69, 9.17) is 19.7 Å². The first-order chi connectivity index (χ1) is 27.0. The Bertz CT molecular complexity index is 2230. The van der Waals surface area contributed by atoms with Gasteiger partial charge in [0.15, 0.2) is 11.5 Å². The van der Waals surface area contributed by atoms with Crippen LogP contribution in [0.5, 0.6) is 17.6 Å². The highest BCUT2D eigenvalue weighted by Crippen LogP contribution is 2.43. The van der Waals surface area contributed by atoms with Crippen molar-refractivity contribution in [2.24, 2.45) is 0 Å². The molecule has 0 saturated carbocycles. The van der Waals surface area contributed by atoms with E-state index in [0.717, 1.165) is 77.2 Å². The smallest absolute Gasteiger partial charge is 0.433 e. The summed E-state index contributed by atoms with van der Waals surface area (Å²) < 4.78 is 78.3. The average Bonchev–Trinajstić information content (AvgIpc) is 3.75. The number of piperazine rings is 1. The number of anilines is 1. The van der Waals surface area contributed by atoms with Crippen LogP contribution in [0.1, 0.15) is 62.9 Å². The first-order valence-corrected chi connectivity index (χ1v) is 19.1. The third-order valence-electron chi connectivity index (χ3n) is 11.1. The topological polar surface area (TPSA) is 122 Å². The van der Waals surface area contributed by atoms with Gasteiger partial charge in [0.2, 0.25) is 5.88 Å². The van der Waals surface area contributed by atoms with Crippen molar-refractivity contribution in [1.29, 1.82) is 0 Å². The number of phenols is 1. The Morgan fingerprint density at radius 3 is 2.48 bits per heavy atom. The molecular weight excluding hydrogens is 735 g/mol. The minimum atomic E-state index is -4.45. The fourth-order valence-corrected chi connectivity index (χ4v) is 8.50. The third kappa shape index (κ3) is 7.36. The fourth-order valence-electron chi connectivity index (χ4n) is 8.50.